The third-order valence-corrected chi connectivity index (χ3v) is 5.31. The smallest absolute Gasteiger partial charge is 0.143 e. The monoisotopic (exact) mass is 402 g/mol. The second-order valence-corrected chi connectivity index (χ2v) is 7.82. The number of rotatable bonds is 15. The van der Waals surface area contributed by atoms with Crippen molar-refractivity contribution in [2.75, 3.05) is 13.7 Å². The van der Waals surface area contributed by atoms with E-state index in [-0.39, 0.29) is 12.2 Å². The summed E-state index contributed by atoms with van der Waals surface area (Å²) in [4.78, 5) is 0. The lowest BCUT2D eigenvalue weighted by Gasteiger charge is -2.05. The van der Waals surface area contributed by atoms with Gasteiger partial charge in [0, 0.05) is 6.42 Å². The molecule has 1 aliphatic heterocycles. The fraction of sp³-hybridized carbons (Fsp3) is 0.680. The molecule has 4 nitrogen and oxygen atoms in total. The van der Waals surface area contributed by atoms with Gasteiger partial charge in [0.05, 0.1) is 7.11 Å². The standard InChI is InChI=1S/C25H38O4/c1-3-4-5-6-7-8-9-10-11-12-13-14-15-23(26)25-24(29-25)20-28-22-18-16-21(27-2)17-19-22/h16-19,23-26H,3-13,20H2,1-2H3/t23-,24+,25+/m0/s1. The highest BCUT2D eigenvalue weighted by molar-refractivity contribution is 5.31. The van der Waals surface area contributed by atoms with E-state index in [1.165, 1.54) is 57.8 Å². The second kappa shape index (κ2) is 14.3. The lowest BCUT2D eigenvalue weighted by atomic mass is 10.1. The van der Waals surface area contributed by atoms with E-state index in [2.05, 4.69) is 18.8 Å². The summed E-state index contributed by atoms with van der Waals surface area (Å²) in [7, 11) is 1.64. The van der Waals surface area contributed by atoms with Gasteiger partial charge in [0.25, 0.3) is 0 Å². The van der Waals surface area contributed by atoms with E-state index >= 15 is 0 Å². The van der Waals surface area contributed by atoms with Gasteiger partial charge < -0.3 is 19.3 Å². The predicted molar refractivity (Wildman–Crippen MR) is 117 cm³/mol. The fourth-order valence-corrected chi connectivity index (χ4v) is 3.38. The topological polar surface area (TPSA) is 51.2 Å². The Morgan fingerprint density at radius 3 is 2.14 bits per heavy atom. The molecular formula is C25H38O4. The van der Waals surface area contributed by atoms with Crippen LogP contribution in [0.3, 0.4) is 0 Å². The van der Waals surface area contributed by atoms with E-state index in [4.69, 9.17) is 14.2 Å². The van der Waals surface area contributed by atoms with Crippen molar-refractivity contribution in [3.8, 4) is 23.3 Å². The van der Waals surface area contributed by atoms with Crippen molar-refractivity contribution in [1.29, 1.82) is 0 Å². The number of hydrogen-bond donors (Lipinski definition) is 1. The first-order valence-electron chi connectivity index (χ1n) is 11.3. The van der Waals surface area contributed by atoms with Crippen LogP contribution < -0.4 is 9.47 Å². The molecule has 162 valence electrons. The summed E-state index contributed by atoms with van der Waals surface area (Å²) < 4.78 is 16.3. The molecule has 1 heterocycles. The third-order valence-electron chi connectivity index (χ3n) is 5.31. The summed E-state index contributed by atoms with van der Waals surface area (Å²) in [5.74, 6) is 7.59. The number of aliphatic hydroxyl groups excluding tert-OH is 1. The second-order valence-electron chi connectivity index (χ2n) is 7.82. The Hall–Kier alpha value is -1.70. The number of aliphatic hydroxyl groups is 1. The van der Waals surface area contributed by atoms with Crippen molar-refractivity contribution < 1.29 is 19.3 Å². The molecule has 0 radical (unpaired) electrons. The van der Waals surface area contributed by atoms with E-state index in [9.17, 15) is 5.11 Å². The van der Waals surface area contributed by atoms with Crippen molar-refractivity contribution in [2.45, 2.75) is 95.9 Å². The van der Waals surface area contributed by atoms with Crippen LogP contribution in [0.1, 0.15) is 77.6 Å². The summed E-state index contributed by atoms with van der Waals surface area (Å²) in [6, 6.07) is 7.43. The van der Waals surface area contributed by atoms with Crippen LogP contribution in [0, 0.1) is 11.8 Å². The molecule has 0 aliphatic carbocycles. The number of epoxide rings is 1. The van der Waals surface area contributed by atoms with Crippen LogP contribution in [-0.2, 0) is 4.74 Å². The molecule has 0 aromatic heterocycles. The zero-order chi connectivity index (χ0) is 20.7. The maximum Gasteiger partial charge on any atom is 0.143 e. The van der Waals surface area contributed by atoms with Crippen LogP contribution in [-0.4, -0.2) is 37.1 Å². The summed E-state index contributed by atoms with van der Waals surface area (Å²) in [6.07, 6.45) is 13.1. The highest BCUT2D eigenvalue weighted by Gasteiger charge is 2.44. The summed E-state index contributed by atoms with van der Waals surface area (Å²) >= 11 is 0. The summed E-state index contributed by atoms with van der Waals surface area (Å²) in [5.41, 5.74) is 0. The molecule has 2 rings (SSSR count). The van der Waals surface area contributed by atoms with E-state index in [1.807, 2.05) is 24.3 Å². The minimum absolute atomic E-state index is 0.0845. The molecule has 0 saturated carbocycles. The van der Waals surface area contributed by atoms with Gasteiger partial charge in [0.1, 0.15) is 36.4 Å². The van der Waals surface area contributed by atoms with Gasteiger partial charge in [-0.2, -0.15) is 0 Å². The van der Waals surface area contributed by atoms with Crippen molar-refractivity contribution in [3.05, 3.63) is 24.3 Å². The van der Waals surface area contributed by atoms with E-state index < -0.39 is 6.10 Å². The lowest BCUT2D eigenvalue weighted by molar-refractivity contribution is 0.184. The van der Waals surface area contributed by atoms with Crippen LogP contribution >= 0.6 is 0 Å². The van der Waals surface area contributed by atoms with E-state index in [1.54, 1.807) is 7.11 Å². The van der Waals surface area contributed by atoms with Gasteiger partial charge in [-0.05, 0) is 30.7 Å². The largest absolute Gasteiger partial charge is 0.497 e. The Balaban J connectivity index is 1.46. The molecule has 1 fully saturated rings. The van der Waals surface area contributed by atoms with Crippen LogP contribution in [0.25, 0.3) is 0 Å². The number of ether oxygens (including phenoxy) is 3. The molecule has 1 aliphatic rings. The van der Waals surface area contributed by atoms with Crippen LogP contribution in [0.4, 0.5) is 0 Å². The van der Waals surface area contributed by atoms with Crippen molar-refractivity contribution >= 4 is 0 Å². The Bertz CT molecular complexity index is 601. The average Bonchev–Trinajstić information content (AvgIpc) is 3.53. The van der Waals surface area contributed by atoms with Gasteiger partial charge in [0.15, 0.2) is 0 Å². The normalized spacial score (nSPS) is 18.6. The van der Waals surface area contributed by atoms with E-state index in [0.717, 1.165) is 24.3 Å². The quantitative estimate of drug-likeness (QED) is 0.238. The molecule has 1 saturated heterocycles. The molecule has 0 spiro atoms. The van der Waals surface area contributed by atoms with Gasteiger partial charge >= 0.3 is 0 Å². The van der Waals surface area contributed by atoms with Crippen molar-refractivity contribution in [1.82, 2.24) is 0 Å². The molecule has 3 atom stereocenters. The van der Waals surface area contributed by atoms with Gasteiger partial charge in [-0.25, -0.2) is 0 Å². The summed E-state index contributed by atoms with van der Waals surface area (Å²) in [5, 5.41) is 10.1. The number of unbranched alkanes of at least 4 members (excludes halogenated alkanes) is 10. The molecular weight excluding hydrogens is 364 g/mol. The molecule has 0 unspecified atom stereocenters. The molecule has 4 heteroatoms. The summed E-state index contributed by atoms with van der Waals surface area (Å²) in [6.45, 7) is 2.69. The highest BCUT2D eigenvalue weighted by atomic mass is 16.6. The first-order valence-corrected chi connectivity index (χ1v) is 11.3. The number of methoxy groups -OCH3 is 1. The molecule has 0 amide bonds. The van der Waals surface area contributed by atoms with Crippen LogP contribution in [0.5, 0.6) is 11.5 Å². The molecule has 1 aromatic carbocycles. The third kappa shape index (κ3) is 10.1. The molecule has 29 heavy (non-hydrogen) atoms. The Morgan fingerprint density at radius 1 is 0.931 bits per heavy atom. The van der Waals surface area contributed by atoms with Gasteiger partial charge in [-0.3, -0.25) is 0 Å². The first kappa shape index (κ1) is 23.6. The lowest BCUT2D eigenvalue weighted by Crippen LogP contribution is -2.18. The highest BCUT2D eigenvalue weighted by Crippen LogP contribution is 2.27. The predicted octanol–water partition coefficient (Wildman–Crippen LogP) is 5.52. The number of benzene rings is 1. The molecule has 1 aromatic rings. The van der Waals surface area contributed by atoms with Crippen molar-refractivity contribution in [2.24, 2.45) is 0 Å². The number of hydrogen-bond acceptors (Lipinski definition) is 4. The van der Waals surface area contributed by atoms with Crippen LogP contribution in [0.15, 0.2) is 24.3 Å². The molecule has 1 N–H and O–H groups in total. The Morgan fingerprint density at radius 2 is 1.52 bits per heavy atom. The maximum absolute atomic E-state index is 10.1. The van der Waals surface area contributed by atoms with Gasteiger partial charge in [0.2, 0.25) is 0 Å². The van der Waals surface area contributed by atoms with Crippen molar-refractivity contribution in [3.63, 3.8) is 0 Å². The Labute approximate surface area is 176 Å². The Kier molecular flexibility index (Phi) is 11.6. The van der Waals surface area contributed by atoms with Crippen LogP contribution in [0.2, 0.25) is 0 Å². The zero-order valence-electron chi connectivity index (χ0n) is 18.2. The zero-order valence-corrected chi connectivity index (χ0v) is 18.2. The fourth-order valence-electron chi connectivity index (χ4n) is 3.38. The minimum atomic E-state index is -0.720. The van der Waals surface area contributed by atoms with Gasteiger partial charge in [-0.1, -0.05) is 70.6 Å². The first-order chi connectivity index (χ1) is 14.2. The van der Waals surface area contributed by atoms with E-state index in [0.29, 0.717) is 6.61 Å². The molecule has 0 bridgehead atoms. The van der Waals surface area contributed by atoms with Gasteiger partial charge in [-0.15, -0.1) is 5.92 Å². The average molecular weight is 403 g/mol. The SMILES string of the molecule is CCCCCCCCCCCCC#C[C@H](O)[C@H]1O[C@@H]1COc1ccc(OC)cc1. The minimum Gasteiger partial charge on any atom is -0.497 e. The maximum atomic E-state index is 10.1.